The third-order valence-electron chi connectivity index (χ3n) is 4.44. The molecule has 0 atom stereocenters. The third kappa shape index (κ3) is 4.77. The minimum absolute atomic E-state index is 0.259. The maximum Gasteiger partial charge on any atom is 0.236 e. The minimum atomic E-state index is 0.259. The van der Waals surface area contributed by atoms with Crippen LogP contribution in [0.15, 0.2) is 0 Å². The molecular weight excluding hydrogens is 238 g/mol. The van der Waals surface area contributed by atoms with Gasteiger partial charge in [-0.25, -0.2) is 0 Å². The molecule has 4 nitrogen and oxygen atoms in total. The highest BCUT2D eigenvalue weighted by molar-refractivity contribution is 5.78. The summed E-state index contributed by atoms with van der Waals surface area (Å²) in [7, 11) is 1.97. The van der Waals surface area contributed by atoms with Gasteiger partial charge in [0.1, 0.15) is 0 Å². The summed E-state index contributed by atoms with van der Waals surface area (Å²) < 4.78 is 0. The summed E-state index contributed by atoms with van der Waals surface area (Å²) in [4.78, 5) is 16.6. The Hall–Kier alpha value is -0.610. The number of carbonyl (C=O) groups excluding carboxylic acids is 1. The molecule has 0 bridgehead atoms. The second-order valence-electron chi connectivity index (χ2n) is 6.15. The monoisotopic (exact) mass is 267 g/mol. The first-order valence-corrected chi connectivity index (χ1v) is 7.89. The molecule has 0 radical (unpaired) electrons. The topological polar surface area (TPSA) is 35.6 Å². The number of carbonyl (C=O) groups is 1. The van der Waals surface area contributed by atoms with Crippen molar-refractivity contribution in [2.75, 3.05) is 39.8 Å². The zero-order valence-electron chi connectivity index (χ0n) is 12.5. The number of rotatable bonds is 7. The van der Waals surface area contributed by atoms with Crippen LogP contribution < -0.4 is 5.32 Å². The van der Waals surface area contributed by atoms with Crippen LogP contribution in [0.2, 0.25) is 0 Å². The van der Waals surface area contributed by atoms with Crippen molar-refractivity contribution in [3.63, 3.8) is 0 Å². The Morgan fingerprint density at radius 3 is 2.53 bits per heavy atom. The highest BCUT2D eigenvalue weighted by Crippen LogP contribution is 2.27. The van der Waals surface area contributed by atoms with Crippen LogP contribution in [0.5, 0.6) is 0 Å². The number of likely N-dealkylation sites (N-methyl/N-ethyl adjacent to an activating group) is 1. The fourth-order valence-corrected chi connectivity index (χ4v) is 2.88. The standard InChI is InChI=1S/C15H29N3O/c1-3-8-18-9-6-14(7-10-18)17(2)15(19)12-16-11-13-4-5-13/h13-14,16H,3-12H2,1-2H3. The number of amides is 1. The molecule has 1 saturated carbocycles. The maximum atomic E-state index is 12.1. The third-order valence-corrected chi connectivity index (χ3v) is 4.44. The van der Waals surface area contributed by atoms with Crippen LogP contribution in [0, 0.1) is 5.92 Å². The molecule has 19 heavy (non-hydrogen) atoms. The van der Waals surface area contributed by atoms with E-state index in [1.54, 1.807) is 0 Å². The Labute approximate surface area is 117 Å². The minimum Gasteiger partial charge on any atom is -0.342 e. The average molecular weight is 267 g/mol. The van der Waals surface area contributed by atoms with Gasteiger partial charge in [-0.15, -0.1) is 0 Å². The van der Waals surface area contributed by atoms with Crippen LogP contribution in [0.3, 0.4) is 0 Å². The van der Waals surface area contributed by atoms with Crippen LogP contribution in [0.4, 0.5) is 0 Å². The van der Waals surface area contributed by atoms with Gasteiger partial charge in [-0.1, -0.05) is 6.92 Å². The zero-order valence-corrected chi connectivity index (χ0v) is 12.5. The summed E-state index contributed by atoms with van der Waals surface area (Å²) in [5.74, 6) is 1.10. The van der Waals surface area contributed by atoms with Crippen molar-refractivity contribution in [1.82, 2.24) is 15.1 Å². The molecule has 0 aromatic heterocycles. The molecule has 0 aromatic carbocycles. The quantitative estimate of drug-likeness (QED) is 0.755. The molecule has 2 rings (SSSR count). The predicted molar refractivity (Wildman–Crippen MR) is 78.1 cm³/mol. The van der Waals surface area contributed by atoms with E-state index in [0.717, 1.165) is 38.4 Å². The zero-order chi connectivity index (χ0) is 13.7. The molecule has 2 aliphatic rings. The van der Waals surface area contributed by atoms with E-state index in [4.69, 9.17) is 0 Å². The van der Waals surface area contributed by atoms with Crippen molar-refractivity contribution in [2.24, 2.45) is 5.92 Å². The summed E-state index contributed by atoms with van der Waals surface area (Å²) in [5, 5.41) is 3.29. The van der Waals surface area contributed by atoms with Crippen molar-refractivity contribution >= 4 is 5.91 Å². The molecule has 1 aliphatic carbocycles. The average Bonchev–Trinajstić information content (AvgIpc) is 3.23. The lowest BCUT2D eigenvalue weighted by molar-refractivity contribution is -0.131. The van der Waals surface area contributed by atoms with Crippen molar-refractivity contribution in [3.8, 4) is 0 Å². The van der Waals surface area contributed by atoms with Crippen LogP contribution in [-0.2, 0) is 4.79 Å². The molecular formula is C15H29N3O. The van der Waals surface area contributed by atoms with E-state index in [2.05, 4.69) is 17.1 Å². The number of hydrogen-bond acceptors (Lipinski definition) is 3. The van der Waals surface area contributed by atoms with Gasteiger partial charge in [-0.2, -0.15) is 0 Å². The highest BCUT2D eigenvalue weighted by Gasteiger charge is 2.25. The van der Waals surface area contributed by atoms with E-state index in [1.807, 2.05) is 11.9 Å². The summed E-state index contributed by atoms with van der Waals surface area (Å²) in [6.45, 7) is 7.26. The van der Waals surface area contributed by atoms with Crippen LogP contribution in [-0.4, -0.2) is 61.5 Å². The molecule has 2 fully saturated rings. The van der Waals surface area contributed by atoms with Crippen molar-refractivity contribution in [1.29, 1.82) is 0 Å². The van der Waals surface area contributed by atoms with Gasteiger partial charge < -0.3 is 15.1 Å². The Balaban J connectivity index is 1.64. The van der Waals surface area contributed by atoms with Crippen molar-refractivity contribution in [2.45, 2.75) is 45.1 Å². The van der Waals surface area contributed by atoms with Crippen LogP contribution >= 0.6 is 0 Å². The van der Waals surface area contributed by atoms with Gasteiger partial charge in [0, 0.05) is 26.2 Å². The van der Waals surface area contributed by atoms with Crippen LogP contribution in [0.1, 0.15) is 39.0 Å². The van der Waals surface area contributed by atoms with Gasteiger partial charge >= 0.3 is 0 Å². The second kappa shape index (κ2) is 7.25. The van der Waals surface area contributed by atoms with E-state index in [0.29, 0.717) is 12.6 Å². The van der Waals surface area contributed by atoms with Gasteiger partial charge in [0.2, 0.25) is 5.91 Å². The van der Waals surface area contributed by atoms with Gasteiger partial charge in [0.05, 0.1) is 6.54 Å². The molecule has 1 saturated heterocycles. The number of nitrogens with zero attached hydrogens (tertiary/aromatic N) is 2. The molecule has 0 spiro atoms. The van der Waals surface area contributed by atoms with E-state index >= 15 is 0 Å². The van der Waals surface area contributed by atoms with Gasteiger partial charge in [0.25, 0.3) is 0 Å². The SMILES string of the molecule is CCCN1CCC(N(C)C(=O)CNCC2CC2)CC1. The largest absolute Gasteiger partial charge is 0.342 e. The van der Waals surface area contributed by atoms with Gasteiger partial charge in [-0.05, 0) is 51.1 Å². The van der Waals surface area contributed by atoms with E-state index in [9.17, 15) is 4.79 Å². The van der Waals surface area contributed by atoms with Crippen molar-refractivity contribution in [3.05, 3.63) is 0 Å². The summed E-state index contributed by atoms with van der Waals surface area (Å²) in [6, 6.07) is 0.448. The molecule has 4 heteroatoms. The lowest BCUT2D eigenvalue weighted by Gasteiger charge is -2.36. The molecule has 1 N–H and O–H groups in total. The summed E-state index contributed by atoms with van der Waals surface area (Å²) >= 11 is 0. The number of nitrogens with one attached hydrogen (secondary N) is 1. The lowest BCUT2D eigenvalue weighted by Crippen LogP contribution is -2.48. The normalized spacial score (nSPS) is 21.6. The Kier molecular flexibility index (Phi) is 5.64. The van der Waals surface area contributed by atoms with Gasteiger partial charge in [-0.3, -0.25) is 4.79 Å². The van der Waals surface area contributed by atoms with E-state index < -0.39 is 0 Å². The number of likely N-dealkylation sites (tertiary alicyclic amines) is 1. The summed E-state index contributed by atoms with van der Waals surface area (Å²) in [5.41, 5.74) is 0. The fourth-order valence-electron chi connectivity index (χ4n) is 2.88. The smallest absolute Gasteiger partial charge is 0.236 e. The van der Waals surface area contributed by atoms with E-state index in [-0.39, 0.29) is 5.91 Å². The Morgan fingerprint density at radius 2 is 1.95 bits per heavy atom. The second-order valence-corrected chi connectivity index (χ2v) is 6.15. The van der Waals surface area contributed by atoms with E-state index in [1.165, 1.54) is 25.8 Å². The fraction of sp³-hybridized carbons (Fsp3) is 0.933. The molecule has 0 aromatic rings. The first-order chi connectivity index (χ1) is 9.20. The molecule has 1 heterocycles. The number of hydrogen-bond donors (Lipinski definition) is 1. The number of piperidine rings is 1. The molecule has 1 amide bonds. The molecule has 1 aliphatic heterocycles. The summed E-state index contributed by atoms with van der Waals surface area (Å²) in [6.07, 6.45) is 6.17. The molecule has 110 valence electrons. The first kappa shape index (κ1) is 14.8. The molecule has 0 unspecified atom stereocenters. The predicted octanol–water partition coefficient (Wildman–Crippen LogP) is 1.32. The van der Waals surface area contributed by atoms with Gasteiger partial charge in [0.15, 0.2) is 0 Å². The maximum absolute atomic E-state index is 12.1. The van der Waals surface area contributed by atoms with Crippen molar-refractivity contribution < 1.29 is 4.79 Å². The Morgan fingerprint density at radius 1 is 1.26 bits per heavy atom. The highest BCUT2D eigenvalue weighted by atomic mass is 16.2. The first-order valence-electron chi connectivity index (χ1n) is 7.89. The Bertz CT molecular complexity index is 283. The van der Waals surface area contributed by atoms with Crippen LogP contribution in [0.25, 0.3) is 0 Å². The lowest BCUT2D eigenvalue weighted by atomic mass is 10.0.